The van der Waals surface area contributed by atoms with E-state index in [4.69, 9.17) is 25.8 Å². The lowest BCUT2D eigenvalue weighted by atomic mass is 9.71. The summed E-state index contributed by atoms with van der Waals surface area (Å²) in [5, 5.41) is 3.79. The fraction of sp³-hybridized carbons (Fsp3) is 0.357. The molecule has 0 aromatic heterocycles. The van der Waals surface area contributed by atoms with Crippen molar-refractivity contribution in [2.75, 3.05) is 6.79 Å². The van der Waals surface area contributed by atoms with E-state index in [1.165, 1.54) is 0 Å². The predicted molar refractivity (Wildman–Crippen MR) is 132 cm³/mol. The first-order valence-electron chi connectivity index (χ1n) is 12.0. The van der Waals surface area contributed by atoms with Gasteiger partial charge in [0.25, 0.3) is 0 Å². The smallest absolute Gasteiger partial charge is 0.337 e. The Morgan fingerprint density at radius 3 is 2.60 bits per heavy atom. The second-order valence-electron chi connectivity index (χ2n) is 9.28. The molecule has 0 spiro atoms. The van der Waals surface area contributed by atoms with Crippen LogP contribution >= 0.6 is 11.6 Å². The number of allylic oxidation sites excluding steroid dienone is 3. The summed E-state index contributed by atoms with van der Waals surface area (Å²) < 4.78 is 16.8. The molecule has 35 heavy (non-hydrogen) atoms. The van der Waals surface area contributed by atoms with Crippen molar-refractivity contribution >= 4 is 23.4 Å². The molecule has 3 atom stereocenters. The lowest BCUT2D eigenvalue weighted by Gasteiger charge is -2.37. The summed E-state index contributed by atoms with van der Waals surface area (Å²) in [6, 6.07) is 13.5. The number of ether oxygens (including phenoxy) is 3. The Bertz CT molecular complexity index is 1250. The van der Waals surface area contributed by atoms with Crippen molar-refractivity contribution in [3.8, 4) is 11.5 Å². The van der Waals surface area contributed by atoms with Gasteiger partial charge in [-0.3, -0.25) is 4.79 Å². The molecule has 2 aliphatic heterocycles. The van der Waals surface area contributed by atoms with Gasteiger partial charge in [0.2, 0.25) is 6.79 Å². The molecule has 3 aliphatic rings. The molecule has 0 bridgehead atoms. The van der Waals surface area contributed by atoms with Crippen molar-refractivity contribution in [1.82, 2.24) is 5.32 Å². The molecule has 0 unspecified atom stereocenters. The number of dihydropyridines is 1. The number of nitrogens with one attached hydrogen (secondary N) is 1. The molecule has 5 rings (SSSR count). The standard InChI is InChI=1S/C28H28ClNO5/c1-4-15(2)35-28(32)25-16(3)30-21-10-18(17-8-6-5-7-9-17)11-22(31)27(21)26(25)19-12-23-24(13-20(19)29)34-14-33-23/h5-9,12-13,15,18,26,30H,4,10-11,14H2,1-3H3/t15-,18+,26-/m0/s1. The van der Waals surface area contributed by atoms with E-state index in [1.54, 1.807) is 12.1 Å². The maximum absolute atomic E-state index is 13.7. The van der Waals surface area contributed by atoms with E-state index in [9.17, 15) is 9.59 Å². The summed E-state index contributed by atoms with van der Waals surface area (Å²) in [5.41, 5.74) is 4.21. The first-order valence-corrected chi connectivity index (χ1v) is 12.3. The van der Waals surface area contributed by atoms with Crippen molar-refractivity contribution in [3.05, 3.63) is 81.2 Å². The highest BCUT2D eigenvalue weighted by Crippen LogP contribution is 2.49. The molecule has 0 radical (unpaired) electrons. The third kappa shape index (κ3) is 4.31. The molecule has 1 N–H and O–H groups in total. The molecule has 2 aromatic rings. The van der Waals surface area contributed by atoms with Crippen LogP contribution in [0.25, 0.3) is 0 Å². The molecule has 1 aliphatic carbocycles. The molecule has 6 nitrogen and oxygen atoms in total. The van der Waals surface area contributed by atoms with E-state index in [0.29, 0.717) is 58.2 Å². The third-order valence-electron chi connectivity index (χ3n) is 7.00. The molecule has 0 saturated carbocycles. The Kier molecular flexibility index (Phi) is 6.32. The Morgan fingerprint density at radius 1 is 1.17 bits per heavy atom. The lowest BCUT2D eigenvalue weighted by Crippen LogP contribution is -2.36. The Balaban J connectivity index is 1.62. The van der Waals surface area contributed by atoms with Gasteiger partial charge in [0.15, 0.2) is 17.3 Å². The molecular weight excluding hydrogens is 466 g/mol. The minimum Gasteiger partial charge on any atom is -0.459 e. The zero-order chi connectivity index (χ0) is 24.7. The molecule has 0 saturated heterocycles. The Morgan fingerprint density at radius 2 is 1.89 bits per heavy atom. The van der Waals surface area contributed by atoms with Crippen molar-refractivity contribution in [3.63, 3.8) is 0 Å². The van der Waals surface area contributed by atoms with E-state index in [2.05, 4.69) is 17.4 Å². The highest BCUT2D eigenvalue weighted by molar-refractivity contribution is 6.32. The number of fused-ring (bicyclic) bond motifs is 1. The van der Waals surface area contributed by atoms with Crippen LogP contribution in [-0.4, -0.2) is 24.6 Å². The second kappa shape index (κ2) is 9.42. The van der Waals surface area contributed by atoms with Crippen LogP contribution in [0.4, 0.5) is 0 Å². The monoisotopic (exact) mass is 493 g/mol. The van der Waals surface area contributed by atoms with Gasteiger partial charge in [-0.05, 0) is 49.8 Å². The van der Waals surface area contributed by atoms with Gasteiger partial charge in [-0.15, -0.1) is 0 Å². The minimum absolute atomic E-state index is 0.00678. The maximum Gasteiger partial charge on any atom is 0.337 e. The highest BCUT2D eigenvalue weighted by Gasteiger charge is 2.43. The van der Waals surface area contributed by atoms with Gasteiger partial charge in [-0.2, -0.15) is 0 Å². The van der Waals surface area contributed by atoms with Crippen LogP contribution in [-0.2, 0) is 14.3 Å². The predicted octanol–water partition coefficient (Wildman–Crippen LogP) is 5.77. The fourth-order valence-electron chi connectivity index (χ4n) is 5.07. The summed E-state index contributed by atoms with van der Waals surface area (Å²) in [6.45, 7) is 5.76. The van der Waals surface area contributed by atoms with Gasteiger partial charge < -0.3 is 19.5 Å². The number of hydrogen-bond acceptors (Lipinski definition) is 6. The second-order valence-corrected chi connectivity index (χ2v) is 9.69. The lowest BCUT2D eigenvalue weighted by molar-refractivity contribution is -0.144. The number of Topliss-reactive ketones (excluding diaryl/α,β-unsaturated/α-hetero) is 1. The SMILES string of the molecule is CC[C@H](C)OC(=O)C1=C(C)NC2=C(C(=O)C[C@H](c3ccccc3)C2)[C@H]1c1cc2c(cc1Cl)OCO2. The first kappa shape index (κ1) is 23.5. The number of benzene rings is 2. The zero-order valence-corrected chi connectivity index (χ0v) is 20.8. The van der Waals surface area contributed by atoms with Crippen molar-refractivity contribution in [2.45, 2.75) is 58.0 Å². The van der Waals surface area contributed by atoms with Gasteiger partial charge in [-0.1, -0.05) is 48.9 Å². The highest BCUT2D eigenvalue weighted by atomic mass is 35.5. The van der Waals surface area contributed by atoms with Crippen LogP contribution in [0.2, 0.25) is 5.02 Å². The summed E-state index contributed by atoms with van der Waals surface area (Å²) >= 11 is 6.73. The Hall–Kier alpha value is -3.25. The van der Waals surface area contributed by atoms with E-state index < -0.39 is 11.9 Å². The van der Waals surface area contributed by atoms with Crippen molar-refractivity contribution in [2.24, 2.45) is 0 Å². The molecule has 2 aromatic carbocycles. The number of halogens is 1. The minimum atomic E-state index is -0.658. The van der Waals surface area contributed by atoms with Crippen LogP contribution in [0.5, 0.6) is 11.5 Å². The normalized spacial score (nSPS) is 22.0. The van der Waals surface area contributed by atoms with E-state index in [-0.39, 0.29) is 24.6 Å². The number of carbonyl (C=O) groups excluding carboxylic acids is 2. The average Bonchev–Trinajstić information content (AvgIpc) is 3.30. The van der Waals surface area contributed by atoms with Crippen LogP contribution in [0.1, 0.15) is 63.0 Å². The summed E-state index contributed by atoms with van der Waals surface area (Å²) in [4.78, 5) is 27.1. The van der Waals surface area contributed by atoms with Crippen LogP contribution in [0, 0.1) is 0 Å². The Labute approximate surface area is 209 Å². The first-order chi connectivity index (χ1) is 16.9. The number of rotatable bonds is 5. The van der Waals surface area contributed by atoms with Gasteiger partial charge in [0, 0.05) is 40.4 Å². The van der Waals surface area contributed by atoms with Gasteiger partial charge in [-0.25, -0.2) is 4.79 Å². The van der Waals surface area contributed by atoms with Crippen LogP contribution in [0.3, 0.4) is 0 Å². The van der Waals surface area contributed by atoms with Gasteiger partial charge in [0.05, 0.1) is 11.7 Å². The summed E-state index contributed by atoms with van der Waals surface area (Å²) in [5.74, 6) is 0.0341. The van der Waals surface area contributed by atoms with Gasteiger partial charge in [0.1, 0.15) is 0 Å². The van der Waals surface area contributed by atoms with E-state index in [0.717, 1.165) is 11.3 Å². The molecule has 182 valence electrons. The largest absolute Gasteiger partial charge is 0.459 e. The zero-order valence-electron chi connectivity index (χ0n) is 20.0. The van der Waals surface area contributed by atoms with E-state index >= 15 is 0 Å². The number of esters is 1. The molecule has 2 heterocycles. The van der Waals surface area contributed by atoms with Crippen LogP contribution in [0.15, 0.2) is 65.0 Å². The third-order valence-corrected chi connectivity index (χ3v) is 7.33. The molecule has 0 amide bonds. The molecule has 7 heteroatoms. The van der Waals surface area contributed by atoms with E-state index in [1.807, 2.05) is 39.0 Å². The number of ketones is 1. The summed E-state index contributed by atoms with van der Waals surface area (Å²) in [6.07, 6.45) is 1.45. The van der Waals surface area contributed by atoms with Crippen molar-refractivity contribution < 1.29 is 23.8 Å². The van der Waals surface area contributed by atoms with Crippen LogP contribution < -0.4 is 14.8 Å². The van der Waals surface area contributed by atoms with Gasteiger partial charge >= 0.3 is 5.97 Å². The number of hydrogen-bond donors (Lipinski definition) is 1. The summed E-state index contributed by atoms with van der Waals surface area (Å²) in [7, 11) is 0. The maximum atomic E-state index is 13.7. The average molecular weight is 494 g/mol. The number of carbonyl (C=O) groups is 2. The topological polar surface area (TPSA) is 73.9 Å². The molecular formula is C28H28ClNO5. The fourth-order valence-corrected chi connectivity index (χ4v) is 5.33. The van der Waals surface area contributed by atoms with Crippen molar-refractivity contribution in [1.29, 1.82) is 0 Å². The molecule has 0 fully saturated rings. The quantitative estimate of drug-likeness (QED) is 0.533.